The number of hydrogen-bond donors (Lipinski definition) is 1. The molecule has 1 atom stereocenters. The highest BCUT2D eigenvalue weighted by Gasteiger charge is 2.11. The van der Waals surface area contributed by atoms with Gasteiger partial charge < -0.3 is 10.6 Å². The molecule has 0 fully saturated rings. The predicted octanol–water partition coefficient (Wildman–Crippen LogP) is 1.17. The van der Waals surface area contributed by atoms with Crippen molar-refractivity contribution in [1.82, 2.24) is 4.90 Å². The van der Waals surface area contributed by atoms with Gasteiger partial charge in [-0.2, -0.15) is 0 Å². The van der Waals surface area contributed by atoms with Crippen LogP contribution in [0, 0.1) is 5.82 Å². The molecule has 1 unspecified atom stereocenters. The van der Waals surface area contributed by atoms with Crippen LogP contribution in [0.15, 0.2) is 24.3 Å². The van der Waals surface area contributed by atoms with E-state index in [2.05, 4.69) is 0 Å². The van der Waals surface area contributed by atoms with Crippen LogP contribution in [0.2, 0.25) is 0 Å². The maximum absolute atomic E-state index is 12.9. The van der Waals surface area contributed by atoms with Gasteiger partial charge in [-0.15, -0.1) is 0 Å². The minimum absolute atomic E-state index is 0.0529. The summed E-state index contributed by atoms with van der Waals surface area (Å²) in [5, 5.41) is 0. The van der Waals surface area contributed by atoms with Crippen molar-refractivity contribution in [1.29, 1.82) is 0 Å². The summed E-state index contributed by atoms with van der Waals surface area (Å²) in [6.45, 7) is 2.35. The number of halogens is 1. The van der Waals surface area contributed by atoms with Crippen LogP contribution < -0.4 is 5.73 Å². The molecule has 1 aromatic rings. The zero-order valence-electron chi connectivity index (χ0n) is 9.61. The van der Waals surface area contributed by atoms with Crippen molar-refractivity contribution in [2.45, 2.75) is 19.4 Å². The molecule has 0 spiro atoms. The maximum Gasteiger partial charge on any atom is 0.226 e. The minimum atomic E-state index is -0.319. The number of nitrogens with two attached hydrogens (primary N) is 1. The van der Waals surface area contributed by atoms with E-state index in [0.717, 1.165) is 0 Å². The van der Waals surface area contributed by atoms with Gasteiger partial charge in [-0.1, -0.05) is 12.1 Å². The summed E-state index contributed by atoms with van der Waals surface area (Å²) >= 11 is 0. The number of carbonyl (C=O) groups excluding carboxylic acids is 1. The second kappa shape index (κ2) is 5.61. The number of amides is 1. The molecule has 0 bridgehead atoms. The second-order valence-electron chi connectivity index (χ2n) is 4.06. The maximum atomic E-state index is 12.9. The van der Waals surface area contributed by atoms with E-state index in [0.29, 0.717) is 12.1 Å². The number of carbonyl (C=O) groups is 1. The lowest BCUT2D eigenvalue weighted by Gasteiger charge is -2.19. The van der Waals surface area contributed by atoms with Crippen molar-refractivity contribution < 1.29 is 9.18 Å². The van der Waals surface area contributed by atoms with Crippen LogP contribution in [0.25, 0.3) is 0 Å². The monoisotopic (exact) mass is 224 g/mol. The highest BCUT2D eigenvalue weighted by molar-refractivity contribution is 5.78. The number of hydrogen-bond acceptors (Lipinski definition) is 2. The first-order chi connectivity index (χ1) is 7.49. The Balaban J connectivity index is 2.57. The molecule has 16 heavy (non-hydrogen) atoms. The quantitative estimate of drug-likeness (QED) is 0.834. The topological polar surface area (TPSA) is 46.3 Å². The van der Waals surface area contributed by atoms with Crippen LogP contribution >= 0.6 is 0 Å². The van der Waals surface area contributed by atoms with Crippen LogP contribution in [0.3, 0.4) is 0 Å². The predicted molar refractivity (Wildman–Crippen MR) is 61.4 cm³/mol. The normalized spacial score (nSPS) is 12.2. The number of benzene rings is 1. The Bertz CT molecular complexity index is 366. The van der Waals surface area contributed by atoms with Gasteiger partial charge in [0.25, 0.3) is 0 Å². The van der Waals surface area contributed by atoms with Gasteiger partial charge >= 0.3 is 0 Å². The standard InChI is InChI=1S/C12H17FN2O/c1-9(14)8-15(2)12(16)7-10-4-3-5-11(13)6-10/h3-6,9H,7-8,14H2,1-2H3. The first-order valence-corrected chi connectivity index (χ1v) is 5.23. The lowest BCUT2D eigenvalue weighted by atomic mass is 10.1. The van der Waals surface area contributed by atoms with Gasteiger partial charge in [-0.25, -0.2) is 4.39 Å². The van der Waals surface area contributed by atoms with Crippen molar-refractivity contribution in [3.8, 4) is 0 Å². The molecule has 0 saturated carbocycles. The minimum Gasteiger partial charge on any atom is -0.344 e. The highest BCUT2D eigenvalue weighted by atomic mass is 19.1. The molecule has 2 N–H and O–H groups in total. The molecular weight excluding hydrogens is 207 g/mol. The number of rotatable bonds is 4. The molecule has 1 aromatic carbocycles. The molecule has 0 saturated heterocycles. The molecule has 4 heteroatoms. The highest BCUT2D eigenvalue weighted by Crippen LogP contribution is 2.05. The molecule has 88 valence electrons. The van der Waals surface area contributed by atoms with E-state index in [9.17, 15) is 9.18 Å². The molecule has 0 aliphatic rings. The summed E-state index contributed by atoms with van der Waals surface area (Å²) in [6, 6.07) is 6.02. The molecular formula is C12H17FN2O. The molecule has 0 aliphatic carbocycles. The lowest BCUT2D eigenvalue weighted by molar-refractivity contribution is -0.129. The summed E-state index contributed by atoms with van der Waals surface area (Å²) in [6.07, 6.45) is 0.209. The fourth-order valence-electron chi connectivity index (χ4n) is 1.49. The average molecular weight is 224 g/mol. The zero-order chi connectivity index (χ0) is 12.1. The summed E-state index contributed by atoms with van der Waals surface area (Å²) < 4.78 is 12.9. The van der Waals surface area contributed by atoms with Crippen molar-refractivity contribution >= 4 is 5.91 Å². The first kappa shape index (κ1) is 12.6. The largest absolute Gasteiger partial charge is 0.344 e. The summed E-state index contributed by atoms with van der Waals surface area (Å²) in [5.74, 6) is -0.372. The lowest BCUT2D eigenvalue weighted by Crippen LogP contribution is -2.37. The molecule has 1 rings (SSSR count). The number of likely N-dealkylation sites (N-methyl/N-ethyl adjacent to an activating group) is 1. The van der Waals surface area contributed by atoms with Gasteiger partial charge in [0, 0.05) is 19.6 Å². The molecule has 0 radical (unpaired) electrons. The Morgan fingerprint density at radius 1 is 1.56 bits per heavy atom. The first-order valence-electron chi connectivity index (χ1n) is 5.23. The third-order valence-electron chi connectivity index (χ3n) is 2.23. The Morgan fingerprint density at radius 2 is 2.25 bits per heavy atom. The van der Waals surface area contributed by atoms with Crippen LogP contribution in [0.1, 0.15) is 12.5 Å². The molecule has 0 aliphatic heterocycles. The van der Waals surface area contributed by atoms with Gasteiger partial charge in [-0.05, 0) is 24.6 Å². The third-order valence-corrected chi connectivity index (χ3v) is 2.23. The van der Waals surface area contributed by atoms with Gasteiger partial charge in [0.1, 0.15) is 5.82 Å². The van der Waals surface area contributed by atoms with Crippen LogP contribution in [0.4, 0.5) is 4.39 Å². The fourth-order valence-corrected chi connectivity index (χ4v) is 1.49. The van der Waals surface area contributed by atoms with Gasteiger partial charge in [0.15, 0.2) is 0 Å². The van der Waals surface area contributed by atoms with Crippen LogP contribution in [-0.2, 0) is 11.2 Å². The smallest absolute Gasteiger partial charge is 0.226 e. The van der Waals surface area contributed by atoms with E-state index in [1.807, 2.05) is 6.92 Å². The Hall–Kier alpha value is -1.42. The summed E-state index contributed by atoms with van der Waals surface area (Å²) in [4.78, 5) is 13.3. The molecule has 0 heterocycles. The van der Waals surface area contributed by atoms with Gasteiger partial charge in [-0.3, -0.25) is 4.79 Å². The fraction of sp³-hybridized carbons (Fsp3) is 0.417. The second-order valence-corrected chi connectivity index (χ2v) is 4.06. The SMILES string of the molecule is CC(N)CN(C)C(=O)Cc1cccc(F)c1. The Morgan fingerprint density at radius 3 is 2.81 bits per heavy atom. The van der Waals surface area contributed by atoms with E-state index in [1.165, 1.54) is 12.1 Å². The number of nitrogens with zero attached hydrogens (tertiary/aromatic N) is 1. The van der Waals surface area contributed by atoms with E-state index in [4.69, 9.17) is 5.73 Å². The van der Waals surface area contributed by atoms with Crippen molar-refractivity contribution in [3.05, 3.63) is 35.6 Å². The van der Waals surface area contributed by atoms with Crippen molar-refractivity contribution in [2.24, 2.45) is 5.73 Å². The van der Waals surface area contributed by atoms with E-state index in [1.54, 1.807) is 24.1 Å². The van der Waals surface area contributed by atoms with Crippen molar-refractivity contribution in [2.75, 3.05) is 13.6 Å². The van der Waals surface area contributed by atoms with Crippen molar-refractivity contribution in [3.63, 3.8) is 0 Å². The molecule has 3 nitrogen and oxygen atoms in total. The van der Waals surface area contributed by atoms with E-state index < -0.39 is 0 Å². The van der Waals surface area contributed by atoms with Crippen LogP contribution in [0.5, 0.6) is 0 Å². The molecule has 0 aromatic heterocycles. The molecule has 1 amide bonds. The summed E-state index contributed by atoms with van der Waals surface area (Å²) in [7, 11) is 1.70. The zero-order valence-corrected chi connectivity index (χ0v) is 9.61. The summed E-state index contributed by atoms with van der Waals surface area (Å²) in [5.41, 5.74) is 6.28. The Labute approximate surface area is 95.0 Å². The third kappa shape index (κ3) is 3.98. The van der Waals surface area contributed by atoms with Crippen LogP contribution in [-0.4, -0.2) is 30.4 Å². The average Bonchev–Trinajstić information content (AvgIpc) is 2.16. The van der Waals surface area contributed by atoms with E-state index in [-0.39, 0.29) is 24.2 Å². The van der Waals surface area contributed by atoms with Gasteiger partial charge in [0.2, 0.25) is 5.91 Å². The van der Waals surface area contributed by atoms with Gasteiger partial charge in [0.05, 0.1) is 6.42 Å². The van der Waals surface area contributed by atoms with E-state index >= 15 is 0 Å². The Kier molecular flexibility index (Phi) is 4.43.